The molecule has 4 N–H and O–H groups in total. The predicted octanol–water partition coefficient (Wildman–Crippen LogP) is 0.0115. The van der Waals surface area contributed by atoms with E-state index in [1.165, 1.54) is 0 Å². The molecule has 0 atom stereocenters. The van der Waals surface area contributed by atoms with Gasteiger partial charge < -0.3 is 16.2 Å². The van der Waals surface area contributed by atoms with Crippen LogP contribution in [0.2, 0.25) is 0 Å². The summed E-state index contributed by atoms with van der Waals surface area (Å²) in [5.41, 5.74) is 5.20. The molecule has 0 aliphatic heterocycles. The van der Waals surface area contributed by atoms with Crippen LogP contribution in [0.15, 0.2) is 0 Å². The Morgan fingerprint density at radius 2 is 1.71 bits per heavy atom. The van der Waals surface area contributed by atoms with E-state index in [4.69, 9.17) is 10.8 Å². The molecule has 2 amide bonds. The molecule has 1 rings (SSSR count). The van der Waals surface area contributed by atoms with Gasteiger partial charge in [-0.2, -0.15) is 0 Å². The third-order valence-corrected chi connectivity index (χ3v) is 3.06. The van der Waals surface area contributed by atoms with E-state index >= 15 is 0 Å². The second-order valence-corrected chi connectivity index (χ2v) is 4.41. The predicted molar refractivity (Wildman–Crippen MR) is 60.0 cm³/mol. The third kappa shape index (κ3) is 4.84. The molecule has 1 fully saturated rings. The largest absolute Gasteiger partial charge is 0.481 e. The van der Waals surface area contributed by atoms with Crippen molar-refractivity contribution in [2.75, 3.05) is 0 Å². The van der Waals surface area contributed by atoms with Crippen molar-refractivity contribution in [3.05, 3.63) is 0 Å². The molecule has 17 heavy (non-hydrogen) atoms. The molecule has 1 aliphatic rings. The second-order valence-electron chi connectivity index (χ2n) is 4.41. The van der Waals surface area contributed by atoms with Crippen molar-refractivity contribution in [2.45, 2.75) is 44.6 Å². The number of aliphatic carboxylic acids is 1. The molecule has 0 aromatic heterocycles. The highest BCUT2D eigenvalue weighted by Gasteiger charge is 2.25. The third-order valence-electron chi connectivity index (χ3n) is 3.06. The summed E-state index contributed by atoms with van der Waals surface area (Å²) in [7, 11) is 0. The molecule has 0 aromatic carbocycles. The van der Waals surface area contributed by atoms with Crippen LogP contribution in [0.4, 0.5) is 0 Å². The van der Waals surface area contributed by atoms with Gasteiger partial charge in [0.05, 0.1) is 6.42 Å². The van der Waals surface area contributed by atoms with Gasteiger partial charge in [0, 0.05) is 18.4 Å². The van der Waals surface area contributed by atoms with E-state index in [2.05, 4.69) is 5.32 Å². The van der Waals surface area contributed by atoms with Crippen LogP contribution in [0.1, 0.15) is 38.5 Å². The molecule has 96 valence electrons. The van der Waals surface area contributed by atoms with Gasteiger partial charge in [-0.25, -0.2) is 0 Å². The van der Waals surface area contributed by atoms with Crippen LogP contribution in [0, 0.1) is 5.92 Å². The van der Waals surface area contributed by atoms with Crippen LogP contribution in [0.25, 0.3) is 0 Å². The summed E-state index contributed by atoms with van der Waals surface area (Å²) in [4.78, 5) is 32.6. The van der Waals surface area contributed by atoms with Gasteiger partial charge in [0.15, 0.2) is 0 Å². The average molecular weight is 242 g/mol. The summed E-state index contributed by atoms with van der Waals surface area (Å²) >= 11 is 0. The number of nitrogens with two attached hydrogens (primary N) is 1. The number of carbonyl (C=O) groups is 3. The number of primary amides is 1. The lowest BCUT2D eigenvalue weighted by atomic mass is 9.85. The summed E-state index contributed by atoms with van der Waals surface area (Å²) < 4.78 is 0. The molecule has 0 bridgehead atoms. The number of hydrogen-bond donors (Lipinski definition) is 3. The molecule has 0 heterocycles. The van der Waals surface area contributed by atoms with Crippen LogP contribution in [0.5, 0.6) is 0 Å². The highest BCUT2D eigenvalue weighted by Crippen LogP contribution is 2.23. The normalized spacial score (nSPS) is 24.0. The smallest absolute Gasteiger partial charge is 0.303 e. The number of carboxylic acid groups (broad SMARTS) is 1. The zero-order valence-electron chi connectivity index (χ0n) is 9.65. The van der Waals surface area contributed by atoms with Crippen LogP contribution in [0.3, 0.4) is 0 Å². The Bertz CT molecular complexity index is 309. The topological polar surface area (TPSA) is 109 Å². The van der Waals surface area contributed by atoms with Crippen LogP contribution >= 0.6 is 0 Å². The maximum absolute atomic E-state index is 11.4. The monoisotopic (exact) mass is 242 g/mol. The Kier molecular flexibility index (Phi) is 4.93. The lowest BCUT2D eigenvalue weighted by Gasteiger charge is -2.27. The summed E-state index contributed by atoms with van der Waals surface area (Å²) in [5.74, 6) is -1.57. The average Bonchev–Trinajstić information content (AvgIpc) is 2.27. The molecule has 1 aliphatic carbocycles. The Morgan fingerprint density at radius 1 is 1.12 bits per heavy atom. The summed E-state index contributed by atoms with van der Waals surface area (Å²) in [6, 6.07) is 0.0481. The molecule has 6 heteroatoms. The number of carbonyl (C=O) groups excluding carboxylic acids is 2. The van der Waals surface area contributed by atoms with Gasteiger partial charge in [-0.1, -0.05) is 0 Å². The lowest BCUT2D eigenvalue weighted by molar-refractivity contribution is -0.139. The number of rotatable bonds is 5. The van der Waals surface area contributed by atoms with Gasteiger partial charge in [-0.05, 0) is 25.7 Å². The summed E-state index contributed by atoms with van der Waals surface area (Å²) in [6.07, 6.45) is 2.70. The first-order valence-electron chi connectivity index (χ1n) is 5.79. The van der Waals surface area contributed by atoms with E-state index in [0.29, 0.717) is 12.8 Å². The fourth-order valence-corrected chi connectivity index (χ4v) is 2.04. The Labute approximate surface area is 99.6 Å². The zero-order chi connectivity index (χ0) is 12.8. The molecule has 0 unspecified atom stereocenters. The molecule has 0 radical (unpaired) electrons. The second kappa shape index (κ2) is 6.22. The van der Waals surface area contributed by atoms with Crippen molar-refractivity contribution in [1.29, 1.82) is 0 Å². The van der Waals surface area contributed by atoms with Crippen LogP contribution in [-0.4, -0.2) is 28.9 Å². The fourth-order valence-electron chi connectivity index (χ4n) is 2.04. The fraction of sp³-hybridized carbons (Fsp3) is 0.727. The van der Waals surface area contributed by atoms with Crippen molar-refractivity contribution >= 4 is 17.8 Å². The maximum Gasteiger partial charge on any atom is 0.303 e. The van der Waals surface area contributed by atoms with Gasteiger partial charge in [0.1, 0.15) is 0 Å². The van der Waals surface area contributed by atoms with Crippen molar-refractivity contribution in [3.63, 3.8) is 0 Å². The number of hydrogen-bond acceptors (Lipinski definition) is 3. The number of amides is 2. The van der Waals surface area contributed by atoms with Crippen molar-refractivity contribution in [3.8, 4) is 0 Å². The molecule has 6 nitrogen and oxygen atoms in total. The minimum absolute atomic E-state index is 0.00504. The van der Waals surface area contributed by atoms with Gasteiger partial charge in [-0.3, -0.25) is 14.4 Å². The van der Waals surface area contributed by atoms with E-state index in [0.717, 1.165) is 12.8 Å². The highest BCUT2D eigenvalue weighted by atomic mass is 16.4. The van der Waals surface area contributed by atoms with Gasteiger partial charge in [0.2, 0.25) is 11.8 Å². The standard InChI is InChI=1S/C11H18N2O4/c12-11(17)7-1-3-8(4-2-7)13-9(14)5-6-10(15)16/h7-8H,1-6H2,(H2,12,17)(H,13,14)(H,15,16). The summed E-state index contributed by atoms with van der Waals surface area (Å²) in [6.45, 7) is 0. The van der Waals surface area contributed by atoms with Crippen molar-refractivity contribution in [2.24, 2.45) is 11.7 Å². The van der Waals surface area contributed by atoms with E-state index in [9.17, 15) is 14.4 Å². The highest BCUT2D eigenvalue weighted by molar-refractivity contribution is 5.81. The molecular formula is C11H18N2O4. The maximum atomic E-state index is 11.4. The first-order valence-corrected chi connectivity index (χ1v) is 5.79. The lowest BCUT2D eigenvalue weighted by Crippen LogP contribution is -2.39. The molecule has 0 spiro atoms. The van der Waals surface area contributed by atoms with E-state index in [1.807, 2.05) is 0 Å². The molecular weight excluding hydrogens is 224 g/mol. The van der Waals surface area contributed by atoms with E-state index < -0.39 is 5.97 Å². The first-order chi connectivity index (χ1) is 7.99. The van der Waals surface area contributed by atoms with Crippen molar-refractivity contribution < 1.29 is 19.5 Å². The Hall–Kier alpha value is -1.59. The first kappa shape index (κ1) is 13.5. The molecule has 1 saturated carbocycles. The van der Waals surface area contributed by atoms with Gasteiger partial charge >= 0.3 is 5.97 Å². The minimum Gasteiger partial charge on any atom is -0.481 e. The van der Waals surface area contributed by atoms with Crippen molar-refractivity contribution in [1.82, 2.24) is 5.32 Å². The van der Waals surface area contributed by atoms with E-state index in [-0.39, 0.29) is 36.6 Å². The number of carboxylic acids is 1. The van der Waals surface area contributed by atoms with Gasteiger partial charge in [-0.15, -0.1) is 0 Å². The minimum atomic E-state index is -0.974. The SMILES string of the molecule is NC(=O)C1CCC(NC(=O)CCC(=O)O)CC1. The Balaban J connectivity index is 2.23. The van der Waals surface area contributed by atoms with Gasteiger partial charge in [0.25, 0.3) is 0 Å². The zero-order valence-corrected chi connectivity index (χ0v) is 9.65. The molecule has 0 aromatic rings. The Morgan fingerprint density at radius 3 is 2.18 bits per heavy atom. The summed E-state index contributed by atoms with van der Waals surface area (Å²) in [5, 5.41) is 11.2. The van der Waals surface area contributed by atoms with Crippen LogP contribution < -0.4 is 11.1 Å². The van der Waals surface area contributed by atoms with Crippen LogP contribution in [-0.2, 0) is 14.4 Å². The number of nitrogens with one attached hydrogen (secondary N) is 1. The quantitative estimate of drug-likeness (QED) is 0.630. The van der Waals surface area contributed by atoms with E-state index in [1.54, 1.807) is 0 Å². The molecule has 0 saturated heterocycles.